The first kappa shape index (κ1) is 12.0. The lowest BCUT2D eigenvalue weighted by molar-refractivity contribution is -0.0629. The molecule has 0 radical (unpaired) electrons. The molecule has 12 heteroatoms. The van der Waals surface area contributed by atoms with Gasteiger partial charge >= 0.3 is 0 Å². The minimum absolute atomic E-state index is 0.0132. The molecule has 0 saturated heterocycles. The maximum absolute atomic E-state index is 14.8. The Morgan fingerprint density at radius 1 is 1.36 bits per heavy atom. The van der Waals surface area contributed by atoms with Crippen LogP contribution < -0.4 is 5.32 Å². The van der Waals surface area contributed by atoms with Crippen LogP contribution in [0.2, 0.25) is 0 Å². The van der Waals surface area contributed by atoms with Crippen molar-refractivity contribution in [1.29, 1.82) is 0 Å². The number of benzene rings is 1. The topological polar surface area (TPSA) is 138 Å². The van der Waals surface area contributed by atoms with Gasteiger partial charge < -0.3 is 25.4 Å². The standard InChI is InChI=1S/C24H31FN6O4S/c1-3-8-36-24-27-22(26-16-10-14(16)13-5-4-12(2)15(25)9-13)19-23(28-24)31(30-29-19)17-11-18(35-7-6-32)21(34)20(17)33/h4-5,9,14,16-18,20-21,32-34H,3,6-8,10-11H2,1-2H3,(H,26,27,28)/t14-,16+,17+,18-,20-,21+/m0/s1/i4D,5D,6D2,7D2,8D2,9D,10D2,11D2,17D,18D,20D,21D. The molecule has 0 aliphatic heterocycles. The normalized spacial score (nSPS) is 46.7. The number of anilines is 1. The number of fused-ring (bicyclic) bond motifs is 1. The van der Waals surface area contributed by atoms with Gasteiger partial charge in [-0.3, -0.25) is 0 Å². The number of hydrogen-bond acceptors (Lipinski definition) is 10. The van der Waals surface area contributed by atoms with Crippen molar-refractivity contribution in [3.05, 3.63) is 35.1 Å². The monoisotopic (exact) mass is 535 g/mol. The molecule has 0 unspecified atom stereocenters. The Morgan fingerprint density at radius 3 is 2.97 bits per heavy atom. The molecule has 36 heavy (non-hydrogen) atoms. The molecular formula is C24H31FN6O4S. The van der Waals surface area contributed by atoms with Crippen molar-refractivity contribution in [1.82, 2.24) is 25.0 Å². The highest BCUT2D eigenvalue weighted by molar-refractivity contribution is 7.99. The van der Waals surface area contributed by atoms with Crippen LogP contribution in [0.1, 0.15) is 72.5 Å². The minimum Gasteiger partial charge on any atom is -0.394 e. The van der Waals surface area contributed by atoms with E-state index in [1.165, 1.54) is 13.8 Å². The Labute approximate surface area is 236 Å². The summed E-state index contributed by atoms with van der Waals surface area (Å²) >= 11 is 0.336. The van der Waals surface area contributed by atoms with E-state index in [0.29, 0.717) is 11.8 Å². The summed E-state index contributed by atoms with van der Waals surface area (Å²) in [5.41, 5.74) is -4.42. The molecule has 5 rings (SSSR count). The molecule has 2 heterocycles. The summed E-state index contributed by atoms with van der Waals surface area (Å²) in [6, 6.07) is -7.56. The second-order valence-corrected chi connectivity index (χ2v) is 8.30. The van der Waals surface area contributed by atoms with Gasteiger partial charge in [-0.1, -0.05) is 36.0 Å². The molecule has 2 aliphatic carbocycles. The lowest BCUT2D eigenvalue weighted by Crippen LogP contribution is -2.33. The van der Waals surface area contributed by atoms with Crippen molar-refractivity contribution in [2.75, 3.05) is 24.1 Å². The number of rotatable bonds is 10. The molecule has 4 N–H and O–H groups in total. The highest BCUT2D eigenvalue weighted by Crippen LogP contribution is 2.44. The Bertz CT molecular complexity index is 1970. The van der Waals surface area contributed by atoms with Gasteiger partial charge in [-0.25, -0.2) is 19.0 Å². The minimum atomic E-state index is -4.41. The van der Waals surface area contributed by atoms with Crippen molar-refractivity contribution >= 4 is 28.7 Å². The van der Waals surface area contributed by atoms with Crippen LogP contribution in [0.5, 0.6) is 0 Å². The maximum Gasteiger partial charge on any atom is 0.191 e. The Kier molecular flexibility index (Phi) is 3.51. The summed E-state index contributed by atoms with van der Waals surface area (Å²) < 4.78 is 160. The lowest BCUT2D eigenvalue weighted by Gasteiger charge is -2.17. The Hall–Kier alpha value is -2.38. The van der Waals surface area contributed by atoms with Crippen molar-refractivity contribution in [2.45, 2.75) is 74.4 Å². The molecule has 6 atom stereocenters. The molecule has 3 aromatic rings. The van der Waals surface area contributed by atoms with Crippen molar-refractivity contribution in [3.63, 3.8) is 0 Å². The second kappa shape index (κ2) is 10.5. The van der Waals surface area contributed by atoms with Crippen LogP contribution in [0.3, 0.4) is 0 Å². The maximum atomic E-state index is 14.8. The molecule has 0 amide bonds. The number of aliphatic hydroxyl groups is 3. The highest BCUT2D eigenvalue weighted by atomic mass is 32.2. The summed E-state index contributed by atoms with van der Waals surface area (Å²) in [4.78, 5) is 8.20. The van der Waals surface area contributed by atoms with Gasteiger partial charge in [0.2, 0.25) is 0 Å². The first-order chi connectivity index (χ1) is 23.7. The third-order valence-electron chi connectivity index (χ3n) is 5.04. The summed E-state index contributed by atoms with van der Waals surface area (Å²) in [6.07, 6.45) is -19.8. The third-order valence-corrected chi connectivity index (χ3v) is 5.84. The van der Waals surface area contributed by atoms with Gasteiger partial charge in [0.05, 0.1) is 40.3 Å². The van der Waals surface area contributed by atoms with E-state index >= 15 is 0 Å². The van der Waals surface area contributed by atoms with Gasteiger partial charge in [0, 0.05) is 32.3 Å². The van der Waals surface area contributed by atoms with Crippen LogP contribution >= 0.6 is 11.8 Å². The predicted octanol–water partition coefficient (Wildman–Crippen LogP) is 2.18. The lowest BCUT2D eigenvalue weighted by atomic mass is 10.1. The van der Waals surface area contributed by atoms with Gasteiger partial charge in [-0.2, -0.15) is 0 Å². The van der Waals surface area contributed by atoms with Crippen LogP contribution in [-0.4, -0.2) is 83.4 Å². The van der Waals surface area contributed by atoms with Gasteiger partial charge in [0.25, 0.3) is 0 Å². The molecule has 0 bridgehead atoms. The number of ether oxygens (including phenoxy) is 1. The zero-order valence-electron chi connectivity index (χ0n) is 35.6. The molecule has 2 saturated carbocycles. The average Bonchev–Trinajstić information content (AvgIpc) is 3.29. The number of nitrogens with one attached hydrogen (secondary N) is 1. The third kappa shape index (κ3) is 4.92. The van der Waals surface area contributed by atoms with Crippen molar-refractivity contribution in [3.8, 4) is 0 Å². The number of aromatic nitrogens is 5. The second-order valence-electron chi connectivity index (χ2n) is 7.44. The van der Waals surface area contributed by atoms with E-state index in [2.05, 4.69) is 30.3 Å². The first-order valence-corrected chi connectivity index (χ1v) is 11.3. The molecule has 2 aromatic heterocycles. The summed E-state index contributed by atoms with van der Waals surface area (Å²) in [7, 11) is 0. The van der Waals surface area contributed by atoms with Crippen molar-refractivity contribution in [2.24, 2.45) is 0 Å². The van der Waals surface area contributed by atoms with Crippen LogP contribution in [0.15, 0.2) is 23.3 Å². The van der Waals surface area contributed by atoms with E-state index in [-0.39, 0.29) is 16.7 Å². The fourth-order valence-electron chi connectivity index (χ4n) is 3.25. The van der Waals surface area contributed by atoms with E-state index in [0.717, 1.165) is 0 Å². The molecule has 10 nitrogen and oxygen atoms in total. The van der Waals surface area contributed by atoms with Crippen molar-refractivity contribution < 1.29 is 47.7 Å². The van der Waals surface area contributed by atoms with Gasteiger partial charge in [0.1, 0.15) is 18.0 Å². The van der Waals surface area contributed by atoms with E-state index in [1.54, 1.807) is 0 Å². The average molecular weight is 536 g/mol. The van der Waals surface area contributed by atoms with E-state index in [9.17, 15) is 19.7 Å². The fraction of sp³-hybridized carbons (Fsp3) is 0.583. The first-order valence-electron chi connectivity index (χ1n) is 18.9. The quantitative estimate of drug-likeness (QED) is 0.226. The SMILES string of the molecule is [2H]c1c([2H])c([C@H]2[C@H](Nc3nc(SC([2H])([2H])CC)nc4c3nnn4[C@]3([2H])C([2H])([2H])[C@]([2H])(OC([2H])([2H])C([2H])([2H])O)[C@@]([2H])(O)[C@@]3([2H])O)C2([2H])[2H])c([2H])c(F)c1C. The van der Waals surface area contributed by atoms with Crippen LogP contribution in [-0.2, 0) is 4.74 Å². The zero-order valence-corrected chi connectivity index (χ0v) is 19.5. The Balaban J connectivity index is 1.72. The fourth-order valence-corrected chi connectivity index (χ4v) is 3.79. The van der Waals surface area contributed by atoms with E-state index in [4.69, 9.17) is 23.3 Å². The summed E-state index contributed by atoms with van der Waals surface area (Å²) in [6.45, 7) is -5.55. The molecule has 194 valence electrons. The molecule has 1 aromatic carbocycles. The van der Waals surface area contributed by atoms with Gasteiger partial charge in [-0.05, 0) is 36.9 Å². The molecule has 2 aliphatic rings. The van der Waals surface area contributed by atoms with E-state index < -0.39 is 119 Å². The number of nitrogens with zero attached hydrogens (tertiary/aromatic N) is 5. The van der Waals surface area contributed by atoms with Crippen LogP contribution in [0.4, 0.5) is 10.2 Å². The van der Waals surface area contributed by atoms with Crippen LogP contribution in [0.25, 0.3) is 11.2 Å². The van der Waals surface area contributed by atoms with Crippen LogP contribution in [0, 0.1) is 12.7 Å². The summed E-state index contributed by atoms with van der Waals surface area (Å²) in [5, 5.41) is 41.4. The largest absolute Gasteiger partial charge is 0.394 e. The van der Waals surface area contributed by atoms with Gasteiger partial charge in [0.15, 0.2) is 22.1 Å². The molecule has 2 fully saturated rings. The molecular weight excluding hydrogens is 487 g/mol. The highest BCUT2D eigenvalue weighted by Gasteiger charge is 2.45. The predicted molar refractivity (Wildman–Crippen MR) is 133 cm³/mol. The Morgan fingerprint density at radius 2 is 2.19 bits per heavy atom. The zero-order chi connectivity index (χ0) is 40.7. The van der Waals surface area contributed by atoms with Gasteiger partial charge in [-0.15, -0.1) is 5.10 Å². The number of halogens is 1. The smallest absolute Gasteiger partial charge is 0.191 e. The summed E-state index contributed by atoms with van der Waals surface area (Å²) in [5.74, 6) is -3.16. The van der Waals surface area contributed by atoms with E-state index in [1.807, 2.05) is 0 Å². The molecule has 0 spiro atoms. The number of hydrogen-bond donors (Lipinski definition) is 4. The number of thioether (sulfide) groups is 1.